The average molecular weight is 239 g/mol. The van der Waals surface area contributed by atoms with Crippen molar-refractivity contribution in [1.29, 1.82) is 0 Å². The van der Waals surface area contributed by atoms with Gasteiger partial charge in [0.05, 0.1) is 0 Å². The number of aryl methyl sites for hydroxylation is 1. The predicted octanol–water partition coefficient (Wildman–Crippen LogP) is 2.08. The number of pyridine rings is 1. The highest BCUT2D eigenvalue weighted by atomic mass is 35.5. The maximum atomic E-state index is 5.75. The Labute approximate surface area is 97.8 Å². The predicted molar refractivity (Wildman–Crippen MR) is 60.5 cm³/mol. The number of anilines is 1. The fourth-order valence-corrected chi connectivity index (χ4v) is 1.44. The molecule has 1 N–H and O–H groups in total. The molecule has 5 nitrogen and oxygen atoms in total. The molecule has 84 valence electrons. The Balaban J connectivity index is 1.84. The summed E-state index contributed by atoms with van der Waals surface area (Å²) in [7, 11) is 0. The zero-order chi connectivity index (χ0) is 11.4. The fourth-order valence-electron chi connectivity index (χ4n) is 1.27. The number of rotatable bonds is 4. The SMILES string of the molecule is Cc1noc(CCNc2ccnc(Cl)c2)n1. The summed E-state index contributed by atoms with van der Waals surface area (Å²) in [6.45, 7) is 2.51. The minimum atomic E-state index is 0.471. The second kappa shape index (κ2) is 4.94. The number of halogens is 1. The molecule has 0 aliphatic heterocycles. The molecule has 16 heavy (non-hydrogen) atoms. The van der Waals surface area contributed by atoms with Crippen LogP contribution in [0.15, 0.2) is 22.9 Å². The Kier molecular flexibility index (Phi) is 3.36. The molecule has 0 saturated heterocycles. The average Bonchev–Trinajstić information content (AvgIpc) is 2.64. The Morgan fingerprint density at radius 3 is 3.06 bits per heavy atom. The first-order valence-corrected chi connectivity index (χ1v) is 5.26. The summed E-state index contributed by atoms with van der Waals surface area (Å²) in [5.41, 5.74) is 0.927. The Morgan fingerprint density at radius 1 is 1.50 bits per heavy atom. The first-order chi connectivity index (χ1) is 7.74. The summed E-state index contributed by atoms with van der Waals surface area (Å²) in [5.74, 6) is 1.28. The van der Waals surface area contributed by atoms with Gasteiger partial charge in [-0.3, -0.25) is 0 Å². The third-order valence-electron chi connectivity index (χ3n) is 1.96. The van der Waals surface area contributed by atoms with Crippen LogP contribution in [0.4, 0.5) is 5.69 Å². The van der Waals surface area contributed by atoms with Gasteiger partial charge in [-0.15, -0.1) is 0 Å². The number of nitrogens with one attached hydrogen (secondary N) is 1. The van der Waals surface area contributed by atoms with E-state index in [1.54, 1.807) is 19.2 Å². The molecule has 0 radical (unpaired) electrons. The van der Waals surface area contributed by atoms with E-state index >= 15 is 0 Å². The van der Waals surface area contributed by atoms with Crippen molar-refractivity contribution >= 4 is 17.3 Å². The minimum absolute atomic E-state index is 0.471. The van der Waals surface area contributed by atoms with Crippen LogP contribution >= 0.6 is 11.6 Å². The van der Waals surface area contributed by atoms with Crippen LogP contribution in [0, 0.1) is 6.92 Å². The molecular weight excluding hydrogens is 228 g/mol. The standard InChI is InChI=1S/C10H11ClN4O/c1-7-14-10(16-15-7)3-5-12-8-2-4-13-9(11)6-8/h2,4,6H,3,5H2,1H3,(H,12,13). The first-order valence-electron chi connectivity index (χ1n) is 4.88. The third-order valence-corrected chi connectivity index (χ3v) is 2.17. The maximum absolute atomic E-state index is 5.75. The van der Waals surface area contributed by atoms with Gasteiger partial charge in [-0.1, -0.05) is 16.8 Å². The van der Waals surface area contributed by atoms with Crippen molar-refractivity contribution < 1.29 is 4.52 Å². The third kappa shape index (κ3) is 2.93. The molecule has 0 bridgehead atoms. The quantitative estimate of drug-likeness (QED) is 0.827. The highest BCUT2D eigenvalue weighted by molar-refractivity contribution is 6.29. The molecule has 2 aromatic rings. The van der Waals surface area contributed by atoms with Gasteiger partial charge in [0.1, 0.15) is 5.15 Å². The molecule has 0 unspecified atom stereocenters. The molecular formula is C10H11ClN4O. The van der Waals surface area contributed by atoms with E-state index in [0.717, 1.165) is 5.69 Å². The van der Waals surface area contributed by atoms with Crippen molar-refractivity contribution in [2.45, 2.75) is 13.3 Å². The van der Waals surface area contributed by atoms with Gasteiger partial charge in [-0.25, -0.2) is 4.98 Å². The van der Waals surface area contributed by atoms with Crippen LogP contribution in [0.3, 0.4) is 0 Å². The van der Waals surface area contributed by atoms with Crippen LogP contribution in [0.1, 0.15) is 11.7 Å². The number of nitrogens with zero attached hydrogens (tertiary/aromatic N) is 3. The first kappa shape index (κ1) is 10.9. The van der Waals surface area contributed by atoms with E-state index in [9.17, 15) is 0 Å². The second-order valence-electron chi connectivity index (χ2n) is 3.28. The van der Waals surface area contributed by atoms with Gasteiger partial charge in [0, 0.05) is 24.8 Å². The van der Waals surface area contributed by atoms with Crippen molar-refractivity contribution in [1.82, 2.24) is 15.1 Å². The normalized spacial score (nSPS) is 10.4. The number of hydrogen-bond donors (Lipinski definition) is 1. The molecule has 0 spiro atoms. The summed E-state index contributed by atoms with van der Waals surface area (Å²) in [4.78, 5) is 8.00. The van der Waals surface area contributed by atoms with Crippen LogP contribution in [0.5, 0.6) is 0 Å². The smallest absolute Gasteiger partial charge is 0.228 e. The van der Waals surface area contributed by atoms with Gasteiger partial charge < -0.3 is 9.84 Å². The zero-order valence-electron chi connectivity index (χ0n) is 8.77. The number of hydrogen-bond acceptors (Lipinski definition) is 5. The van der Waals surface area contributed by atoms with E-state index < -0.39 is 0 Å². The van der Waals surface area contributed by atoms with Gasteiger partial charge in [0.25, 0.3) is 0 Å². The van der Waals surface area contributed by atoms with Gasteiger partial charge in [-0.05, 0) is 19.1 Å². The molecule has 0 amide bonds. The molecule has 6 heteroatoms. The molecule has 0 aromatic carbocycles. The summed E-state index contributed by atoms with van der Waals surface area (Å²) in [6, 6.07) is 3.62. The highest BCUT2D eigenvalue weighted by Crippen LogP contribution is 2.11. The Morgan fingerprint density at radius 2 is 2.38 bits per heavy atom. The summed E-state index contributed by atoms with van der Waals surface area (Å²) in [6.07, 6.45) is 2.34. The van der Waals surface area contributed by atoms with E-state index in [1.165, 1.54) is 0 Å². The largest absolute Gasteiger partial charge is 0.384 e. The lowest BCUT2D eigenvalue weighted by atomic mass is 10.3. The van der Waals surface area contributed by atoms with Crippen LogP contribution in [-0.4, -0.2) is 21.7 Å². The molecule has 2 rings (SSSR count). The van der Waals surface area contributed by atoms with Gasteiger partial charge >= 0.3 is 0 Å². The van der Waals surface area contributed by atoms with Crippen molar-refractivity contribution in [3.63, 3.8) is 0 Å². The van der Waals surface area contributed by atoms with Crippen molar-refractivity contribution in [3.05, 3.63) is 35.2 Å². The molecule has 0 saturated carbocycles. The van der Waals surface area contributed by atoms with E-state index in [2.05, 4.69) is 20.4 Å². The molecule has 0 fully saturated rings. The lowest BCUT2D eigenvalue weighted by Crippen LogP contribution is -2.05. The van der Waals surface area contributed by atoms with Gasteiger partial charge in [-0.2, -0.15) is 4.98 Å². The summed E-state index contributed by atoms with van der Waals surface area (Å²) in [5, 5.41) is 7.37. The Hall–Kier alpha value is -1.62. The molecule has 0 aliphatic carbocycles. The van der Waals surface area contributed by atoms with E-state index in [-0.39, 0.29) is 0 Å². The van der Waals surface area contributed by atoms with Crippen molar-refractivity contribution in [2.75, 3.05) is 11.9 Å². The minimum Gasteiger partial charge on any atom is -0.384 e. The van der Waals surface area contributed by atoms with Gasteiger partial charge in [0.2, 0.25) is 5.89 Å². The summed E-state index contributed by atoms with van der Waals surface area (Å²) < 4.78 is 4.99. The van der Waals surface area contributed by atoms with Crippen molar-refractivity contribution in [2.24, 2.45) is 0 Å². The van der Waals surface area contributed by atoms with Crippen LogP contribution in [0.2, 0.25) is 5.15 Å². The topological polar surface area (TPSA) is 63.8 Å². The lowest BCUT2D eigenvalue weighted by molar-refractivity contribution is 0.377. The van der Waals surface area contributed by atoms with Crippen molar-refractivity contribution in [3.8, 4) is 0 Å². The lowest BCUT2D eigenvalue weighted by Gasteiger charge is -2.03. The summed E-state index contributed by atoms with van der Waals surface area (Å²) >= 11 is 5.75. The van der Waals surface area contributed by atoms with E-state index in [1.807, 2.05) is 6.07 Å². The molecule has 2 heterocycles. The second-order valence-corrected chi connectivity index (χ2v) is 3.67. The van der Waals surface area contributed by atoms with E-state index in [4.69, 9.17) is 16.1 Å². The highest BCUT2D eigenvalue weighted by Gasteiger charge is 2.01. The molecule has 0 atom stereocenters. The molecule has 2 aromatic heterocycles. The molecule has 0 aliphatic rings. The van der Waals surface area contributed by atoms with Gasteiger partial charge in [0.15, 0.2) is 5.82 Å². The van der Waals surface area contributed by atoms with Crippen LogP contribution < -0.4 is 5.32 Å². The van der Waals surface area contributed by atoms with E-state index in [0.29, 0.717) is 29.8 Å². The zero-order valence-corrected chi connectivity index (χ0v) is 9.53. The Bertz CT molecular complexity index is 471. The van der Waals surface area contributed by atoms with Crippen LogP contribution in [-0.2, 0) is 6.42 Å². The number of aromatic nitrogens is 3. The van der Waals surface area contributed by atoms with Crippen LogP contribution in [0.25, 0.3) is 0 Å². The monoisotopic (exact) mass is 238 g/mol. The maximum Gasteiger partial charge on any atom is 0.228 e. The fraction of sp³-hybridized carbons (Fsp3) is 0.300.